The summed E-state index contributed by atoms with van der Waals surface area (Å²) in [4.78, 5) is 8.91. The number of aryl methyl sites for hydroxylation is 1. The predicted molar refractivity (Wildman–Crippen MR) is 96.7 cm³/mol. The number of aromatic nitrogens is 4. The molecule has 6 heteroatoms. The summed E-state index contributed by atoms with van der Waals surface area (Å²) in [5.74, 6) is 0.297. The molecule has 0 aliphatic heterocycles. The van der Waals surface area contributed by atoms with E-state index in [9.17, 15) is 4.39 Å². The molecule has 1 N–H and O–H groups in total. The van der Waals surface area contributed by atoms with Crippen LogP contribution in [0.3, 0.4) is 0 Å². The van der Waals surface area contributed by atoms with E-state index >= 15 is 0 Å². The summed E-state index contributed by atoms with van der Waals surface area (Å²) in [7, 11) is 0. The fourth-order valence-corrected chi connectivity index (χ4v) is 2.74. The van der Waals surface area contributed by atoms with Gasteiger partial charge in [0.05, 0.1) is 17.9 Å². The zero-order valence-corrected chi connectivity index (χ0v) is 14.7. The number of hydrogen-bond acceptors (Lipinski definition) is 4. The highest BCUT2D eigenvalue weighted by Crippen LogP contribution is 2.23. The van der Waals surface area contributed by atoms with Crippen LogP contribution in [0.15, 0.2) is 42.7 Å². The van der Waals surface area contributed by atoms with Crippen LogP contribution in [0, 0.1) is 12.7 Å². The van der Waals surface area contributed by atoms with Gasteiger partial charge in [0.25, 0.3) is 0 Å². The Morgan fingerprint density at radius 1 is 1.20 bits per heavy atom. The van der Waals surface area contributed by atoms with Gasteiger partial charge in [0.1, 0.15) is 5.82 Å². The van der Waals surface area contributed by atoms with Crippen molar-refractivity contribution >= 4 is 5.95 Å². The lowest BCUT2D eigenvalue weighted by Crippen LogP contribution is -2.09. The minimum atomic E-state index is -0.242. The van der Waals surface area contributed by atoms with Crippen molar-refractivity contribution in [1.82, 2.24) is 19.7 Å². The molecular formula is C19H22FN5. The van der Waals surface area contributed by atoms with Crippen LogP contribution in [0.1, 0.15) is 37.6 Å². The zero-order chi connectivity index (χ0) is 17.8. The van der Waals surface area contributed by atoms with Crippen molar-refractivity contribution in [1.29, 1.82) is 0 Å². The second-order valence-electron chi connectivity index (χ2n) is 6.05. The summed E-state index contributed by atoms with van der Waals surface area (Å²) in [6, 6.07) is 8.28. The first-order valence-corrected chi connectivity index (χ1v) is 8.46. The van der Waals surface area contributed by atoms with Gasteiger partial charge in [0.2, 0.25) is 5.95 Å². The van der Waals surface area contributed by atoms with E-state index in [0.717, 1.165) is 35.5 Å². The van der Waals surface area contributed by atoms with E-state index in [1.165, 1.54) is 12.1 Å². The summed E-state index contributed by atoms with van der Waals surface area (Å²) >= 11 is 0. The number of anilines is 1. The molecule has 2 aromatic heterocycles. The Hall–Kier alpha value is -2.76. The number of nitrogens with one attached hydrogen (secondary N) is 1. The van der Waals surface area contributed by atoms with Gasteiger partial charge in [0.15, 0.2) is 0 Å². The maximum atomic E-state index is 13.1. The first-order valence-electron chi connectivity index (χ1n) is 8.46. The Bertz CT molecular complexity index is 841. The van der Waals surface area contributed by atoms with Gasteiger partial charge in [-0.25, -0.2) is 14.4 Å². The first-order chi connectivity index (χ1) is 12.1. The monoisotopic (exact) mass is 339 g/mol. The van der Waals surface area contributed by atoms with Crippen LogP contribution < -0.4 is 5.32 Å². The molecule has 0 fully saturated rings. The third-order valence-electron chi connectivity index (χ3n) is 4.19. The molecule has 0 spiro atoms. The van der Waals surface area contributed by atoms with Gasteiger partial charge >= 0.3 is 0 Å². The molecule has 0 aliphatic rings. The third kappa shape index (κ3) is 3.84. The molecule has 0 radical (unpaired) electrons. The van der Waals surface area contributed by atoms with Crippen molar-refractivity contribution in [2.24, 2.45) is 0 Å². The summed E-state index contributed by atoms with van der Waals surface area (Å²) < 4.78 is 15.1. The fourth-order valence-electron chi connectivity index (χ4n) is 2.74. The predicted octanol–water partition coefficient (Wildman–Crippen LogP) is 4.37. The van der Waals surface area contributed by atoms with E-state index in [4.69, 9.17) is 0 Å². The Kier molecular flexibility index (Phi) is 5.07. The van der Waals surface area contributed by atoms with Crippen LogP contribution >= 0.6 is 0 Å². The second kappa shape index (κ2) is 7.42. The first kappa shape index (κ1) is 17.1. The summed E-state index contributed by atoms with van der Waals surface area (Å²) in [6.45, 7) is 7.07. The van der Waals surface area contributed by atoms with Crippen LogP contribution in [0.25, 0.3) is 11.3 Å². The average molecular weight is 339 g/mol. The topological polar surface area (TPSA) is 55.6 Å². The summed E-state index contributed by atoms with van der Waals surface area (Å²) in [5.41, 5.74) is 3.91. The van der Waals surface area contributed by atoms with Crippen molar-refractivity contribution < 1.29 is 4.39 Å². The van der Waals surface area contributed by atoms with Gasteiger partial charge in [-0.2, -0.15) is 5.10 Å². The molecule has 1 unspecified atom stereocenters. The van der Waals surface area contributed by atoms with Crippen LogP contribution in [0.2, 0.25) is 0 Å². The molecule has 1 atom stereocenters. The van der Waals surface area contributed by atoms with E-state index in [0.29, 0.717) is 5.95 Å². The normalized spacial score (nSPS) is 12.2. The lowest BCUT2D eigenvalue weighted by Gasteiger charge is -2.14. The number of nitrogens with zero attached hydrogens (tertiary/aromatic N) is 4. The van der Waals surface area contributed by atoms with Crippen LogP contribution in [0.4, 0.5) is 10.3 Å². The molecule has 25 heavy (non-hydrogen) atoms. The standard InChI is InChI=1S/C19H22FN5/c1-4-11-25-14(3)17(12-22-25)18-9-10-21-19(24-18)23-13(2)15-5-7-16(20)8-6-15/h5-10,12-13H,4,11H2,1-3H3,(H,21,23,24). The summed E-state index contributed by atoms with van der Waals surface area (Å²) in [5, 5.41) is 7.70. The van der Waals surface area contributed by atoms with E-state index in [1.807, 2.05) is 30.8 Å². The molecule has 5 nitrogen and oxygen atoms in total. The third-order valence-corrected chi connectivity index (χ3v) is 4.19. The van der Waals surface area contributed by atoms with Gasteiger partial charge in [-0.15, -0.1) is 0 Å². The van der Waals surface area contributed by atoms with E-state index < -0.39 is 0 Å². The van der Waals surface area contributed by atoms with Crippen molar-refractivity contribution in [3.05, 3.63) is 59.8 Å². The molecule has 2 heterocycles. The maximum absolute atomic E-state index is 13.1. The molecule has 0 bridgehead atoms. The van der Waals surface area contributed by atoms with Gasteiger partial charge in [-0.3, -0.25) is 4.68 Å². The van der Waals surface area contributed by atoms with E-state index in [-0.39, 0.29) is 11.9 Å². The van der Waals surface area contributed by atoms with Crippen LogP contribution in [-0.2, 0) is 6.54 Å². The fraction of sp³-hybridized carbons (Fsp3) is 0.316. The van der Waals surface area contributed by atoms with Crippen molar-refractivity contribution in [3.8, 4) is 11.3 Å². The molecular weight excluding hydrogens is 317 g/mol. The summed E-state index contributed by atoms with van der Waals surface area (Å²) in [6.07, 6.45) is 4.62. The van der Waals surface area contributed by atoms with Crippen LogP contribution in [0.5, 0.6) is 0 Å². The largest absolute Gasteiger partial charge is 0.348 e. The second-order valence-corrected chi connectivity index (χ2v) is 6.05. The van der Waals surface area contributed by atoms with Gasteiger partial charge in [-0.1, -0.05) is 19.1 Å². The highest BCUT2D eigenvalue weighted by molar-refractivity contribution is 5.61. The number of benzene rings is 1. The highest BCUT2D eigenvalue weighted by atomic mass is 19.1. The Labute approximate surface area is 146 Å². The zero-order valence-electron chi connectivity index (χ0n) is 14.7. The van der Waals surface area contributed by atoms with E-state index in [2.05, 4.69) is 27.3 Å². The molecule has 1 aromatic carbocycles. The lowest BCUT2D eigenvalue weighted by molar-refractivity contribution is 0.587. The molecule has 0 aliphatic carbocycles. The minimum Gasteiger partial charge on any atom is -0.348 e. The Balaban J connectivity index is 1.81. The number of hydrogen-bond donors (Lipinski definition) is 1. The van der Waals surface area contributed by atoms with Crippen LogP contribution in [-0.4, -0.2) is 19.7 Å². The number of halogens is 1. The molecule has 130 valence electrons. The average Bonchev–Trinajstić information content (AvgIpc) is 2.97. The van der Waals surface area contributed by atoms with Crippen molar-refractivity contribution in [2.45, 2.75) is 39.8 Å². The minimum absolute atomic E-state index is 0.0280. The molecule has 0 saturated heterocycles. The number of rotatable bonds is 6. The maximum Gasteiger partial charge on any atom is 0.223 e. The van der Waals surface area contributed by atoms with E-state index in [1.54, 1.807) is 18.3 Å². The lowest BCUT2D eigenvalue weighted by atomic mass is 10.1. The molecule has 3 aromatic rings. The van der Waals surface area contributed by atoms with Crippen molar-refractivity contribution in [3.63, 3.8) is 0 Å². The SMILES string of the molecule is CCCn1ncc(-c2ccnc(NC(C)c3ccc(F)cc3)n2)c1C. The smallest absolute Gasteiger partial charge is 0.223 e. The molecule has 0 saturated carbocycles. The Morgan fingerprint density at radius 3 is 2.68 bits per heavy atom. The van der Waals surface area contributed by atoms with Gasteiger partial charge in [0, 0.05) is 24.0 Å². The van der Waals surface area contributed by atoms with Gasteiger partial charge in [-0.05, 0) is 44.0 Å². The quantitative estimate of drug-likeness (QED) is 0.724. The Morgan fingerprint density at radius 2 is 1.96 bits per heavy atom. The highest BCUT2D eigenvalue weighted by Gasteiger charge is 2.12. The molecule has 0 amide bonds. The molecule has 3 rings (SSSR count). The van der Waals surface area contributed by atoms with Gasteiger partial charge < -0.3 is 5.32 Å². The van der Waals surface area contributed by atoms with Crippen molar-refractivity contribution in [2.75, 3.05) is 5.32 Å².